The van der Waals surface area contributed by atoms with Crippen molar-refractivity contribution in [2.24, 2.45) is 0 Å². The van der Waals surface area contributed by atoms with Crippen LogP contribution in [0, 0.1) is 12.7 Å². The van der Waals surface area contributed by atoms with E-state index in [1.54, 1.807) is 25.1 Å². The number of hydrogen-bond donors (Lipinski definition) is 3. The molecule has 166 valence electrons. The number of carbonyl (C=O) groups excluding carboxylic acids is 2. The number of sulfonamides is 1. The van der Waals surface area contributed by atoms with E-state index in [-0.39, 0.29) is 21.5 Å². The van der Waals surface area contributed by atoms with Crippen molar-refractivity contribution < 1.29 is 22.4 Å². The lowest BCUT2D eigenvalue weighted by Gasteiger charge is -2.11. The van der Waals surface area contributed by atoms with Gasteiger partial charge in [-0.05, 0) is 73.2 Å². The van der Waals surface area contributed by atoms with Crippen molar-refractivity contribution in [3.8, 4) is 0 Å². The molecular formula is C22H19ClFN3O4S. The minimum absolute atomic E-state index is 0.193. The van der Waals surface area contributed by atoms with Crippen molar-refractivity contribution >= 4 is 44.8 Å². The molecule has 3 aromatic carbocycles. The van der Waals surface area contributed by atoms with Crippen LogP contribution < -0.4 is 15.4 Å². The highest BCUT2D eigenvalue weighted by atomic mass is 35.5. The number of hydrogen-bond acceptors (Lipinski definition) is 4. The summed E-state index contributed by atoms with van der Waals surface area (Å²) in [5, 5.41) is 4.98. The van der Waals surface area contributed by atoms with Gasteiger partial charge in [0.1, 0.15) is 5.82 Å². The molecule has 0 saturated heterocycles. The Morgan fingerprint density at radius 1 is 0.906 bits per heavy atom. The molecule has 7 nitrogen and oxygen atoms in total. The Labute approximate surface area is 189 Å². The molecule has 0 heterocycles. The number of anilines is 2. The van der Waals surface area contributed by atoms with Crippen molar-refractivity contribution in [1.29, 1.82) is 0 Å². The largest absolute Gasteiger partial charge is 0.355 e. The van der Waals surface area contributed by atoms with Crippen molar-refractivity contribution in [1.82, 2.24) is 5.32 Å². The number of aryl methyl sites for hydroxylation is 1. The molecule has 0 fully saturated rings. The average molecular weight is 476 g/mol. The molecule has 0 radical (unpaired) electrons. The van der Waals surface area contributed by atoms with Gasteiger partial charge >= 0.3 is 0 Å². The highest BCUT2D eigenvalue weighted by Crippen LogP contribution is 2.23. The molecule has 0 bridgehead atoms. The van der Waals surface area contributed by atoms with E-state index in [9.17, 15) is 22.4 Å². The maximum absolute atomic E-state index is 13.3. The summed E-state index contributed by atoms with van der Waals surface area (Å²) in [7, 11) is -2.45. The van der Waals surface area contributed by atoms with Crippen LogP contribution in [0.4, 0.5) is 15.8 Å². The van der Waals surface area contributed by atoms with Gasteiger partial charge in [0.15, 0.2) is 0 Å². The average Bonchev–Trinajstić information content (AvgIpc) is 2.76. The monoisotopic (exact) mass is 475 g/mol. The highest BCUT2D eigenvalue weighted by molar-refractivity contribution is 7.92. The SMILES string of the molecule is CNC(=O)c1ccc(NC(=O)c2ccc(NS(=O)(=O)c3ccc(F)c(Cl)c3)cc2)c(C)c1. The zero-order valence-corrected chi connectivity index (χ0v) is 18.6. The van der Waals surface area contributed by atoms with Gasteiger partial charge in [0.25, 0.3) is 21.8 Å². The van der Waals surface area contributed by atoms with E-state index in [4.69, 9.17) is 11.6 Å². The summed E-state index contributed by atoms with van der Waals surface area (Å²) >= 11 is 5.66. The molecule has 2 amide bonds. The zero-order valence-electron chi connectivity index (χ0n) is 17.1. The van der Waals surface area contributed by atoms with E-state index in [1.165, 1.54) is 31.3 Å². The Kier molecular flexibility index (Phi) is 6.81. The summed E-state index contributed by atoms with van der Waals surface area (Å²) in [6.07, 6.45) is 0. The summed E-state index contributed by atoms with van der Waals surface area (Å²) in [5.74, 6) is -1.35. The minimum atomic E-state index is -3.99. The van der Waals surface area contributed by atoms with E-state index in [0.717, 1.165) is 18.2 Å². The molecule has 0 aromatic heterocycles. The number of amides is 2. The lowest BCUT2D eigenvalue weighted by Crippen LogP contribution is -2.18. The Bertz CT molecular complexity index is 1300. The third-order valence-corrected chi connectivity index (χ3v) is 6.23. The second kappa shape index (κ2) is 9.37. The van der Waals surface area contributed by atoms with Gasteiger partial charge in [-0.2, -0.15) is 0 Å². The highest BCUT2D eigenvalue weighted by Gasteiger charge is 2.17. The number of carbonyl (C=O) groups is 2. The second-order valence-corrected chi connectivity index (χ2v) is 8.91. The first kappa shape index (κ1) is 23.2. The topological polar surface area (TPSA) is 104 Å². The van der Waals surface area contributed by atoms with Gasteiger partial charge in [-0.15, -0.1) is 0 Å². The Balaban J connectivity index is 1.72. The first-order chi connectivity index (χ1) is 15.1. The van der Waals surface area contributed by atoms with Gasteiger partial charge in [0.05, 0.1) is 9.92 Å². The van der Waals surface area contributed by atoms with Crippen molar-refractivity contribution in [2.75, 3.05) is 17.1 Å². The molecule has 0 aliphatic heterocycles. The van der Waals surface area contributed by atoms with Crippen LogP contribution in [0.2, 0.25) is 5.02 Å². The molecule has 0 atom stereocenters. The minimum Gasteiger partial charge on any atom is -0.355 e. The molecule has 3 rings (SSSR count). The van der Waals surface area contributed by atoms with Gasteiger partial charge in [-0.1, -0.05) is 11.6 Å². The summed E-state index contributed by atoms with van der Waals surface area (Å²) in [6, 6.07) is 13.7. The van der Waals surface area contributed by atoms with E-state index < -0.39 is 21.7 Å². The first-order valence-corrected chi connectivity index (χ1v) is 11.2. The fourth-order valence-electron chi connectivity index (χ4n) is 2.83. The van der Waals surface area contributed by atoms with E-state index in [1.807, 2.05) is 0 Å². The molecule has 0 unspecified atom stereocenters. The summed E-state index contributed by atoms with van der Waals surface area (Å²) in [6.45, 7) is 1.77. The molecule has 0 aliphatic rings. The van der Waals surface area contributed by atoms with E-state index in [0.29, 0.717) is 22.4 Å². The number of rotatable bonds is 6. The molecule has 3 aromatic rings. The maximum Gasteiger partial charge on any atom is 0.261 e. The molecule has 0 aliphatic carbocycles. The van der Waals surface area contributed by atoms with E-state index in [2.05, 4.69) is 15.4 Å². The maximum atomic E-state index is 13.3. The molecule has 32 heavy (non-hydrogen) atoms. The van der Waals surface area contributed by atoms with Gasteiger partial charge in [-0.25, -0.2) is 12.8 Å². The molecule has 3 N–H and O–H groups in total. The smallest absolute Gasteiger partial charge is 0.261 e. The molecular weight excluding hydrogens is 457 g/mol. The standard InChI is InChI=1S/C22H19ClFN3O4S/c1-13-11-15(21(28)25-2)5-10-20(13)26-22(29)14-3-6-16(7-4-14)27-32(30,31)17-8-9-19(24)18(23)12-17/h3-12,27H,1-2H3,(H,25,28)(H,26,29). The van der Waals surface area contributed by atoms with E-state index >= 15 is 0 Å². The fraction of sp³-hybridized carbons (Fsp3) is 0.0909. The van der Waals surface area contributed by atoms with Crippen LogP contribution in [-0.4, -0.2) is 27.3 Å². The molecule has 10 heteroatoms. The van der Waals surface area contributed by atoms with Crippen LogP contribution in [0.1, 0.15) is 26.3 Å². The Morgan fingerprint density at radius 3 is 2.16 bits per heavy atom. The zero-order chi connectivity index (χ0) is 23.5. The van der Waals surface area contributed by atoms with Crippen molar-refractivity contribution in [3.05, 3.63) is 88.2 Å². The third kappa shape index (κ3) is 5.24. The van der Waals surface area contributed by atoms with Gasteiger partial charge in [0.2, 0.25) is 0 Å². The Morgan fingerprint density at radius 2 is 1.56 bits per heavy atom. The van der Waals surface area contributed by atoms with Gasteiger partial charge < -0.3 is 10.6 Å². The number of nitrogens with one attached hydrogen (secondary N) is 3. The van der Waals surface area contributed by atoms with Crippen molar-refractivity contribution in [2.45, 2.75) is 11.8 Å². The van der Waals surface area contributed by atoms with Crippen LogP contribution in [0.3, 0.4) is 0 Å². The first-order valence-electron chi connectivity index (χ1n) is 9.33. The second-order valence-electron chi connectivity index (χ2n) is 6.82. The lowest BCUT2D eigenvalue weighted by atomic mass is 10.1. The normalized spacial score (nSPS) is 11.0. The number of halogens is 2. The van der Waals surface area contributed by atoms with Crippen LogP contribution >= 0.6 is 11.6 Å². The summed E-state index contributed by atoms with van der Waals surface area (Å²) < 4.78 is 40.6. The van der Waals surface area contributed by atoms with Crippen LogP contribution in [0.25, 0.3) is 0 Å². The third-order valence-electron chi connectivity index (χ3n) is 4.56. The van der Waals surface area contributed by atoms with Crippen molar-refractivity contribution in [3.63, 3.8) is 0 Å². The summed E-state index contributed by atoms with van der Waals surface area (Å²) in [4.78, 5) is 24.1. The molecule has 0 saturated carbocycles. The predicted molar refractivity (Wildman–Crippen MR) is 121 cm³/mol. The predicted octanol–water partition coefficient (Wildman–Crippen LogP) is 4.20. The molecule has 0 spiro atoms. The summed E-state index contributed by atoms with van der Waals surface area (Å²) in [5.41, 5.74) is 2.24. The Hall–Kier alpha value is -3.43. The fourth-order valence-corrected chi connectivity index (χ4v) is 4.16. The van der Waals surface area contributed by atoms with Gasteiger partial charge in [-0.3, -0.25) is 14.3 Å². The lowest BCUT2D eigenvalue weighted by molar-refractivity contribution is 0.0962. The van der Waals surface area contributed by atoms with Crippen LogP contribution in [0.5, 0.6) is 0 Å². The number of benzene rings is 3. The van der Waals surface area contributed by atoms with Crippen LogP contribution in [0.15, 0.2) is 65.6 Å². The van der Waals surface area contributed by atoms with Gasteiger partial charge in [0, 0.05) is 29.5 Å². The quantitative estimate of drug-likeness (QED) is 0.497. The van der Waals surface area contributed by atoms with Crippen LogP contribution in [-0.2, 0) is 10.0 Å².